The summed E-state index contributed by atoms with van der Waals surface area (Å²) in [6, 6.07) is 10.3. The van der Waals surface area contributed by atoms with E-state index >= 15 is 0 Å². The van der Waals surface area contributed by atoms with Gasteiger partial charge >= 0.3 is 5.97 Å². The maximum absolute atomic E-state index is 11.0. The number of aromatic nitrogens is 1. The quantitative estimate of drug-likeness (QED) is 0.909. The number of rotatable bonds is 4. The Hall–Kier alpha value is -2.74. The average Bonchev–Trinajstić information content (AvgIpc) is 2.87. The Morgan fingerprint density at radius 2 is 2.26 bits per heavy atom. The van der Waals surface area contributed by atoms with Crippen LogP contribution in [-0.2, 0) is 6.54 Å². The summed E-state index contributed by atoms with van der Waals surface area (Å²) in [7, 11) is 1.54. The molecule has 2 aromatic rings. The predicted octanol–water partition coefficient (Wildman–Crippen LogP) is 2.11. The minimum absolute atomic E-state index is 0.199. The third-order valence-electron chi connectivity index (χ3n) is 2.80. The highest BCUT2D eigenvalue weighted by molar-refractivity contribution is 5.85. The lowest BCUT2D eigenvalue weighted by atomic mass is 10.1. The van der Waals surface area contributed by atoms with E-state index in [4.69, 9.17) is 15.1 Å². The number of hydrogen-bond donors (Lipinski definition) is 1. The SMILES string of the molecule is COc1ccc(C#N)cc1Cn1cccc1C(=O)O. The molecular weight excluding hydrogens is 244 g/mol. The highest BCUT2D eigenvalue weighted by Gasteiger charge is 2.11. The Bertz CT molecular complexity index is 653. The van der Waals surface area contributed by atoms with Gasteiger partial charge in [-0.1, -0.05) is 0 Å². The molecule has 0 aliphatic carbocycles. The van der Waals surface area contributed by atoms with E-state index < -0.39 is 5.97 Å². The monoisotopic (exact) mass is 256 g/mol. The topological polar surface area (TPSA) is 75.2 Å². The van der Waals surface area contributed by atoms with Crippen LogP contribution in [0.15, 0.2) is 36.5 Å². The maximum Gasteiger partial charge on any atom is 0.352 e. The normalized spacial score (nSPS) is 9.89. The van der Waals surface area contributed by atoms with Gasteiger partial charge in [-0.25, -0.2) is 4.79 Å². The fourth-order valence-electron chi connectivity index (χ4n) is 1.90. The van der Waals surface area contributed by atoms with Crippen molar-refractivity contribution in [1.82, 2.24) is 4.57 Å². The summed E-state index contributed by atoms with van der Waals surface area (Å²) in [5.41, 5.74) is 1.48. The van der Waals surface area contributed by atoms with E-state index in [0.717, 1.165) is 5.56 Å². The molecule has 0 aliphatic rings. The zero-order valence-electron chi connectivity index (χ0n) is 10.3. The summed E-state index contributed by atoms with van der Waals surface area (Å²) in [4.78, 5) is 11.0. The Morgan fingerprint density at radius 3 is 2.89 bits per heavy atom. The standard InChI is InChI=1S/C14H12N2O3/c1-19-13-5-4-10(8-15)7-11(13)9-16-6-2-3-12(16)14(17)18/h2-7H,9H2,1H3,(H,17,18). The first-order valence-corrected chi connectivity index (χ1v) is 5.61. The molecule has 0 atom stereocenters. The Labute approximate surface area is 110 Å². The first-order valence-electron chi connectivity index (χ1n) is 5.61. The Balaban J connectivity index is 2.40. The summed E-state index contributed by atoms with van der Waals surface area (Å²) >= 11 is 0. The number of methoxy groups -OCH3 is 1. The number of aromatic carboxylic acids is 1. The highest BCUT2D eigenvalue weighted by Crippen LogP contribution is 2.21. The summed E-state index contributed by atoms with van der Waals surface area (Å²) < 4.78 is 6.82. The van der Waals surface area contributed by atoms with E-state index in [-0.39, 0.29) is 5.69 Å². The van der Waals surface area contributed by atoms with Crippen molar-refractivity contribution in [3.8, 4) is 11.8 Å². The maximum atomic E-state index is 11.0. The van der Waals surface area contributed by atoms with Crippen molar-refractivity contribution >= 4 is 5.97 Å². The van der Waals surface area contributed by atoms with Gasteiger partial charge in [-0.15, -0.1) is 0 Å². The van der Waals surface area contributed by atoms with Gasteiger partial charge in [0.25, 0.3) is 0 Å². The third-order valence-corrected chi connectivity index (χ3v) is 2.80. The summed E-state index contributed by atoms with van der Waals surface area (Å²) in [6.45, 7) is 0.341. The van der Waals surface area contributed by atoms with E-state index in [1.54, 1.807) is 42.1 Å². The molecule has 19 heavy (non-hydrogen) atoms. The van der Waals surface area contributed by atoms with Crippen molar-refractivity contribution in [2.75, 3.05) is 7.11 Å². The lowest BCUT2D eigenvalue weighted by molar-refractivity contribution is 0.0685. The van der Waals surface area contributed by atoms with Crippen LogP contribution in [0.5, 0.6) is 5.75 Å². The van der Waals surface area contributed by atoms with Crippen molar-refractivity contribution in [1.29, 1.82) is 5.26 Å². The van der Waals surface area contributed by atoms with Gasteiger partial charge in [0.15, 0.2) is 0 Å². The van der Waals surface area contributed by atoms with Crippen molar-refractivity contribution < 1.29 is 14.6 Å². The second-order valence-corrected chi connectivity index (χ2v) is 3.96. The van der Waals surface area contributed by atoms with Crippen molar-refractivity contribution in [2.24, 2.45) is 0 Å². The van der Waals surface area contributed by atoms with Gasteiger partial charge in [-0.2, -0.15) is 5.26 Å². The smallest absolute Gasteiger partial charge is 0.352 e. The molecule has 0 bridgehead atoms. The molecular formula is C14H12N2O3. The number of benzene rings is 1. The van der Waals surface area contributed by atoms with E-state index in [2.05, 4.69) is 6.07 Å². The molecule has 0 radical (unpaired) electrons. The molecule has 0 unspecified atom stereocenters. The number of carbonyl (C=O) groups is 1. The Morgan fingerprint density at radius 1 is 1.47 bits per heavy atom. The van der Waals surface area contributed by atoms with Gasteiger partial charge in [0, 0.05) is 11.8 Å². The molecule has 0 spiro atoms. The number of nitriles is 1. The summed E-state index contributed by atoms with van der Waals surface area (Å²) in [5.74, 6) is -0.357. The molecule has 0 saturated carbocycles. The third kappa shape index (κ3) is 2.58. The van der Waals surface area contributed by atoms with Gasteiger partial charge in [-0.05, 0) is 30.3 Å². The molecule has 0 saturated heterocycles. The minimum Gasteiger partial charge on any atom is -0.496 e. The molecule has 1 aromatic carbocycles. The van der Waals surface area contributed by atoms with Gasteiger partial charge in [-0.3, -0.25) is 0 Å². The molecule has 1 aromatic heterocycles. The first-order chi connectivity index (χ1) is 9.15. The molecule has 96 valence electrons. The number of ether oxygens (including phenoxy) is 1. The van der Waals surface area contributed by atoms with Gasteiger partial charge in [0.05, 0.1) is 25.3 Å². The highest BCUT2D eigenvalue weighted by atomic mass is 16.5. The number of carboxylic acids is 1. The number of nitrogens with zero attached hydrogens (tertiary/aromatic N) is 2. The van der Waals surface area contributed by atoms with Crippen LogP contribution in [0.4, 0.5) is 0 Å². The molecule has 0 fully saturated rings. The molecule has 1 heterocycles. The lowest BCUT2D eigenvalue weighted by Gasteiger charge is -2.11. The van der Waals surface area contributed by atoms with Crippen LogP contribution in [0.3, 0.4) is 0 Å². The zero-order valence-corrected chi connectivity index (χ0v) is 10.3. The molecule has 5 nitrogen and oxygen atoms in total. The van der Waals surface area contributed by atoms with Crippen LogP contribution in [0.1, 0.15) is 21.6 Å². The summed E-state index contributed by atoms with van der Waals surface area (Å²) in [6.07, 6.45) is 1.68. The molecule has 5 heteroatoms. The molecule has 1 N–H and O–H groups in total. The molecule has 2 rings (SSSR count). The van der Waals surface area contributed by atoms with Crippen LogP contribution in [0.25, 0.3) is 0 Å². The van der Waals surface area contributed by atoms with Crippen LogP contribution in [0, 0.1) is 11.3 Å². The second kappa shape index (κ2) is 5.27. The largest absolute Gasteiger partial charge is 0.496 e. The fourth-order valence-corrected chi connectivity index (χ4v) is 1.90. The average molecular weight is 256 g/mol. The van der Waals surface area contributed by atoms with Crippen LogP contribution in [-0.4, -0.2) is 22.8 Å². The zero-order chi connectivity index (χ0) is 13.8. The van der Waals surface area contributed by atoms with Gasteiger partial charge in [0.1, 0.15) is 11.4 Å². The second-order valence-electron chi connectivity index (χ2n) is 3.96. The number of carboxylic acid groups (broad SMARTS) is 1. The molecule has 0 aliphatic heterocycles. The van der Waals surface area contributed by atoms with E-state index in [9.17, 15) is 4.79 Å². The van der Waals surface area contributed by atoms with E-state index in [1.165, 1.54) is 6.07 Å². The van der Waals surface area contributed by atoms with E-state index in [0.29, 0.717) is 17.9 Å². The summed E-state index contributed by atoms with van der Waals surface area (Å²) in [5, 5.41) is 18.0. The van der Waals surface area contributed by atoms with Crippen molar-refractivity contribution in [3.63, 3.8) is 0 Å². The number of hydrogen-bond acceptors (Lipinski definition) is 3. The minimum atomic E-state index is -0.986. The predicted molar refractivity (Wildman–Crippen MR) is 68.2 cm³/mol. The fraction of sp³-hybridized carbons (Fsp3) is 0.143. The van der Waals surface area contributed by atoms with Crippen LogP contribution < -0.4 is 4.74 Å². The van der Waals surface area contributed by atoms with Crippen LogP contribution in [0.2, 0.25) is 0 Å². The van der Waals surface area contributed by atoms with Gasteiger partial charge in [0.2, 0.25) is 0 Å². The Kier molecular flexibility index (Phi) is 3.53. The van der Waals surface area contributed by atoms with Crippen molar-refractivity contribution in [2.45, 2.75) is 6.54 Å². The van der Waals surface area contributed by atoms with Crippen molar-refractivity contribution in [3.05, 3.63) is 53.3 Å². The van der Waals surface area contributed by atoms with Crippen LogP contribution >= 0.6 is 0 Å². The first kappa shape index (κ1) is 12.7. The lowest BCUT2D eigenvalue weighted by Crippen LogP contribution is -2.09. The molecule has 0 amide bonds. The van der Waals surface area contributed by atoms with E-state index in [1.807, 2.05) is 0 Å². The van der Waals surface area contributed by atoms with Gasteiger partial charge < -0.3 is 14.4 Å².